The van der Waals surface area contributed by atoms with Crippen molar-refractivity contribution >= 4 is 11.9 Å². The summed E-state index contributed by atoms with van der Waals surface area (Å²) in [6.07, 6.45) is 0. The van der Waals surface area contributed by atoms with Crippen molar-refractivity contribution in [2.45, 2.75) is 33.2 Å². The Labute approximate surface area is 127 Å². The topological polar surface area (TPSA) is 83.3 Å². The summed E-state index contributed by atoms with van der Waals surface area (Å²) in [6, 6.07) is 8.48. The number of carbonyl (C=O) groups excluding carboxylic acids is 2. The standard InChI is InChI=1S/C15H17N3O4/c1-10(19)21-13-16-17-14(18(13)15(2,3)4)22-12(20)11-8-6-5-7-9-11/h5-9H,1-4H3. The molecular weight excluding hydrogens is 286 g/mol. The molecule has 0 fully saturated rings. The van der Waals surface area contributed by atoms with Gasteiger partial charge < -0.3 is 9.47 Å². The lowest BCUT2D eigenvalue weighted by Gasteiger charge is -2.22. The molecule has 2 rings (SSSR count). The summed E-state index contributed by atoms with van der Waals surface area (Å²) in [7, 11) is 0. The van der Waals surface area contributed by atoms with Gasteiger partial charge in [-0.3, -0.25) is 4.79 Å². The zero-order valence-corrected chi connectivity index (χ0v) is 12.9. The average molecular weight is 303 g/mol. The van der Waals surface area contributed by atoms with Gasteiger partial charge in [-0.1, -0.05) is 28.4 Å². The van der Waals surface area contributed by atoms with Gasteiger partial charge in [-0.25, -0.2) is 9.36 Å². The highest BCUT2D eigenvalue weighted by molar-refractivity contribution is 5.90. The fourth-order valence-electron chi connectivity index (χ4n) is 1.81. The van der Waals surface area contributed by atoms with Gasteiger partial charge in [0.2, 0.25) is 0 Å². The van der Waals surface area contributed by atoms with Crippen molar-refractivity contribution in [2.24, 2.45) is 0 Å². The van der Waals surface area contributed by atoms with Crippen LogP contribution in [0.2, 0.25) is 0 Å². The molecule has 0 aliphatic rings. The molecule has 0 amide bonds. The first-order valence-electron chi connectivity index (χ1n) is 6.70. The number of nitrogens with zero attached hydrogens (tertiary/aromatic N) is 3. The number of hydrogen-bond donors (Lipinski definition) is 0. The van der Waals surface area contributed by atoms with E-state index >= 15 is 0 Å². The summed E-state index contributed by atoms with van der Waals surface area (Å²) in [6.45, 7) is 6.81. The molecule has 0 unspecified atom stereocenters. The van der Waals surface area contributed by atoms with Gasteiger partial charge in [0.25, 0.3) is 0 Å². The molecule has 0 N–H and O–H groups in total. The van der Waals surface area contributed by atoms with Crippen LogP contribution in [0.3, 0.4) is 0 Å². The molecule has 1 aromatic carbocycles. The predicted octanol–water partition coefficient (Wildman–Crippen LogP) is 2.18. The minimum absolute atomic E-state index is 0.0177. The number of ether oxygens (including phenoxy) is 2. The van der Waals surface area contributed by atoms with Crippen LogP contribution < -0.4 is 9.47 Å². The minimum atomic E-state index is -0.562. The second kappa shape index (κ2) is 5.97. The molecule has 22 heavy (non-hydrogen) atoms. The quantitative estimate of drug-likeness (QED) is 0.808. The highest BCUT2D eigenvalue weighted by atomic mass is 16.6. The van der Waals surface area contributed by atoms with Crippen molar-refractivity contribution in [1.29, 1.82) is 0 Å². The van der Waals surface area contributed by atoms with Crippen LogP contribution in [0.15, 0.2) is 30.3 Å². The van der Waals surface area contributed by atoms with E-state index in [2.05, 4.69) is 10.2 Å². The van der Waals surface area contributed by atoms with Gasteiger partial charge >= 0.3 is 24.0 Å². The molecule has 2 aromatic rings. The van der Waals surface area contributed by atoms with E-state index in [4.69, 9.17) is 9.47 Å². The molecule has 7 nitrogen and oxygen atoms in total. The Bertz CT molecular complexity index is 687. The number of carbonyl (C=O) groups is 2. The van der Waals surface area contributed by atoms with E-state index in [1.165, 1.54) is 11.5 Å². The van der Waals surface area contributed by atoms with Gasteiger partial charge in [0.15, 0.2) is 0 Å². The molecule has 7 heteroatoms. The van der Waals surface area contributed by atoms with Crippen molar-refractivity contribution in [3.63, 3.8) is 0 Å². The van der Waals surface area contributed by atoms with E-state index in [1.54, 1.807) is 30.3 Å². The van der Waals surface area contributed by atoms with Gasteiger partial charge in [-0.05, 0) is 32.9 Å². The van der Waals surface area contributed by atoms with Crippen LogP contribution in [-0.2, 0) is 10.3 Å². The molecule has 0 saturated heterocycles. The lowest BCUT2D eigenvalue weighted by atomic mass is 10.1. The third-order valence-electron chi connectivity index (χ3n) is 2.70. The third-order valence-corrected chi connectivity index (χ3v) is 2.70. The largest absolute Gasteiger partial charge is 0.391 e. The third kappa shape index (κ3) is 3.49. The number of hydrogen-bond acceptors (Lipinski definition) is 6. The van der Waals surface area contributed by atoms with Crippen molar-refractivity contribution in [3.05, 3.63) is 35.9 Å². The summed E-state index contributed by atoms with van der Waals surface area (Å²) in [5.41, 5.74) is -0.152. The molecule has 0 aliphatic carbocycles. The number of rotatable bonds is 3. The Morgan fingerprint density at radius 2 is 1.55 bits per heavy atom. The normalized spacial score (nSPS) is 11.1. The number of aromatic nitrogens is 3. The second-order valence-electron chi connectivity index (χ2n) is 5.62. The number of esters is 2. The van der Waals surface area contributed by atoms with E-state index in [0.29, 0.717) is 5.56 Å². The molecule has 0 radical (unpaired) electrons. The smallest absolute Gasteiger partial charge is 0.345 e. The molecule has 1 heterocycles. The minimum Gasteiger partial charge on any atom is -0.391 e. The SMILES string of the molecule is CC(=O)Oc1nnc(OC(=O)c2ccccc2)n1C(C)(C)C. The van der Waals surface area contributed by atoms with Gasteiger partial charge in [-0.15, -0.1) is 0 Å². The summed E-state index contributed by atoms with van der Waals surface area (Å²) in [4.78, 5) is 23.2. The molecule has 116 valence electrons. The summed E-state index contributed by atoms with van der Waals surface area (Å²) >= 11 is 0. The molecular formula is C15H17N3O4. The highest BCUT2D eigenvalue weighted by Gasteiger charge is 2.27. The van der Waals surface area contributed by atoms with E-state index in [1.807, 2.05) is 20.8 Å². The van der Waals surface area contributed by atoms with E-state index in [-0.39, 0.29) is 12.0 Å². The average Bonchev–Trinajstić information content (AvgIpc) is 2.81. The van der Waals surface area contributed by atoms with E-state index in [9.17, 15) is 9.59 Å². The monoisotopic (exact) mass is 303 g/mol. The van der Waals surface area contributed by atoms with Gasteiger partial charge in [0.05, 0.1) is 5.56 Å². The van der Waals surface area contributed by atoms with Crippen LogP contribution in [0.5, 0.6) is 12.0 Å². The molecule has 0 spiro atoms. The first kappa shape index (κ1) is 15.7. The Morgan fingerprint density at radius 1 is 1.00 bits per heavy atom. The van der Waals surface area contributed by atoms with Crippen LogP contribution in [0.1, 0.15) is 38.1 Å². The fraction of sp³-hybridized carbons (Fsp3) is 0.333. The van der Waals surface area contributed by atoms with Crippen LogP contribution >= 0.6 is 0 Å². The Hall–Kier alpha value is -2.70. The zero-order valence-electron chi connectivity index (χ0n) is 12.9. The van der Waals surface area contributed by atoms with Gasteiger partial charge in [-0.2, -0.15) is 0 Å². The van der Waals surface area contributed by atoms with Gasteiger partial charge in [0, 0.05) is 12.5 Å². The maximum Gasteiger partial charge on any atom is 0.345 e. The molecule has 0 aliphatic heterocycles. The lowest BCUT2D eigenvalue weighted by molar-refractivity contribution is -0.132. The maximum atomic E-state index is 12.1. The van der Waals surface area contributed by atoms with Crippen molar-refractivity contribution in [1.82, 2.24) is 14.8 Å². The first-order valence-corrected chi connectivity index (χ1v) is 6.70. The molecule has 1 aromatic heterocycles. The Kier molecular flexibility index (Phi) is 4.25. The summed E-state index contributed by atoms with van der Waals surface area (Å²) in [5, 5.41) is 7.56. The van der Waals surface area contributed by atoms with Crippen molar-refractivity contribution in [3.8, 4) is 12.0 Å². The van der Waals surface area contributed by atoms with Crippen LogP contribution in [0, 0.1) is 0 Å². The fourth-order valence-corrected chi connectivity index (χ4v) is 1.81. The lowest BCUT2D eigenvalue weighted by Crippen LogP contribution is -2.26. The van der Waals surface area contributed by atoms with Crippen LogP contribution in [-0.4, -0.2) is 26.7 Å². The second-order valence-corrected chi connectivity index (χ2v) is 5.62. The zero-order chi connectivity index (χ0) is 16.3. The van der Waals surface area contributed by atoms with Crippen molar-refractivity contribution in [2.75, 3.05) is 0 Å². The summed E-state index contributed by atoms with van der Waals surface area (Å²) < 4.78 is 11.7. The molecule has 0 saturated carbocycles. The summed E-state index contributed by atoms with van der Waals surface area (Å²) in [5.74, 6) is -1.09. The first-order chi connectivity index (χ1) is 10.3. The van der Waals surface area contributed by atoms with Crippen LogP contribution in [0.25, 0.3) is 0 Å². The highest BCUT2D eigenvalue weighted by Crippen LogP contribution is 2.28. The van der Waals surface area contributed by atoms with E-state index < -0.39 is 17.5 Å². The Morgan fingerprint density at radius 3 is 2.05 bits per heavy atom. The Balaban J connectivity index is 2.33. The van der Waals surface area contributed by atoms with E-state index in [0.717, 1.165) is 0 Å². The molecule has 0 bridgehead atoms. The molecule has 0 atom stereocenters. The maximum absolute atomic E-state index is 12.1. The van der Waals surface area contributed by atoms with Gasteiger partial charge in [0.1, 0.15) is 0 Å². The van der Waals surface area contributed by atoms with Crippen LogP contribution in [0.4, 0.5) is 0 Å². The van der Waals surface area contributed by atoms with Crippen molar-refractivity contribution < 1.29 is 19.1 Å². The number of benzene rings is 1. The predicted molar refractivity (Wildman–Crippen MR) is 77.7 cm³/mol.